The first-order valence-corrected chi connectivity index (χ1v) is 9.32. The Bertz CT molecular complexity index is 689. The average Bonchev–Trinajstić information content (AvgIpc) is 2.63. The molecule has 1 aliphatic rings. The molecule has 0 heterocycles. The predicted molar refractivity (Wildman–Crippen MR) is 97.5 cm³/mol. The van der Waals surface area contributed by atoms with Crippen LogP contribution in [0, 0.1) is 11.6 Å². The fourth-order valence-corrected chi connectivity index (χ4v) is 3.18. The monoisotopic (exact) mass is 400 g/mol. The number of hydrogen-bond acceptors (Lipinski definition) is 4. The van der Waals surface area contributed by atoms with Crippen LogP contribution in [0.4, 0.5) is 8.78 Å². The first-order valence-electron chi connectivity index (χ1n) is 8.94. The van der Waals surface area contributed by atoms with Gasteiger partial charge in [-0.3, -0.25) is 4.79 Å². The van der Waals surface area contributed by atoms with Crippen LogP contribution in [0.15, 0.2) is 24.3 Å². The van der Waals surface area contributed by atoms with Crippen LogP contribution < -0.4 is 0 Å². The van der Waals surface area contributed by atoms with Crippen molar-refractivity contribution in [2.45, 2.75) is 57.5 Å². The smallest absolute Gasteiger partial charge is 0.333 e. The summed E-state index contributed by atoms with van der Waals surface area (Å²) in [6, 6.07) is 2.54. The quantitative estimate of drug-likeness (QED) is 0.277. The van der Waals surface area contributed by atoms with Crippen molar-refractivity contribution in [3.05, 3.63) is 46.5 Å². The van der Waals surface area contributed by atoms with E-state index in [0.717, 1.165) is 0 Å². The molecule has 0 saturated heterocycles. The molecule has 1 aromatic carbocycles. The van der Waals surface area contributed by atoms with Crippen LogP contribution in [0.3, 0.4) is 0 Å². The van der Waals surface area contributed by atoms with Gasteiger partial charge in [-0.25, -0.2) is 13.6 Å². The molecule has 0 aliphatic heterocycles. The number of ether oxygens (including phenoxy) is 2. The van der Waals surface area contributed by atoms with Gasteiger partial charge in [-0.15, -0.1) is 0 Å². The van der Waals surface area contributed by atoms with Crippen LogP contribution >= 0.6 is 11.6 Å². The molecule has 1 aliphatic carbocycles. The third-order valence-electron chi connectivity index (χ3n) is 4.56. The average molecular weight is 401 g/mol. The van der Waals surface area contributed by atoms with E-state index < -0.39 is 22.6 Å². The molecule has 7 heteroatoms. The van der Waals surface area contributed by atoms with Gasteiger partial charge in [-0.2, -0.15) is 0 Å². The lowest BCUT2D eigenvalue weighted by Crippen LogP contribution is -2.24. The van der Waals surface area contributed by atoms with E-state index in [0.29, 0.717) is 43.2 Å². The zero-order valence-electron chi connectivity index (χ0n) is 15.2. The molecule has 0 spiro atoms. The molecule has 0 aromatic heterocycles. The summed E-state index contributed by atoms with van der Waals surface area (Å²) in [6.45, 7) is 5.17. The SMILES string of the molecule is C=C(C)C(=O)OCCCC(=O)OC1CCC(c2cc(F)c(Cl)c(F)c2)CC1. The summed E-state index contributed by atoms with van der Waals surface area (Å²) in [6.07, 6.45) is 2.96. The second kappa shape index (κ2) is 9.83. The molecule has 0 bridgehead atoms. The van der Waals surface area contributed by atoms with E-state index in [9.17, 15) is 18.4 Å². The van der Waals surface area contributed by atoms with E-state index in [4.69, 9.17) is 21.1 Å². The summed E-state index contributed by atoms with van der Waals surface area (Å²) in [5.41, 5.74) is 0.897. The van der Waals surface area contributed by atoms with Gasteiger partial charge in [0.15, 0.2) is 0 Å². The predicted octanol–water partition coefficient (Wildman–Crippen LogP) is 5.09. The number of carbonyl (C=O) groups excluding carboxylic acids is 2. The summed E-state index contributed by atoms with van der Waals surface area (Å²) in [4.78, 5) is 23.1. The van der Waals surface area contributed by atoms with Crippen LogP contribution in [0.2, 0.25) is 5.02 Å². The van der Waals surface area contributed by atoms with Gasteiger partial charge in [-0.05, 0) is 62.6 Å². The van der Waals surface area contributed by atoms with Crippen molar-refractivity contribution in [3.63, 3.8) is 0 Å². The van der Waals surface area contributed by atoms with Crippen LogP contribution in [0.25, 0.3) is 0 Å². The molecule has 2 rings (SSSR count). The summed E-state index contributed by atoms with van der Waals surface area (Å²) < 4.78 is 37.6. The molecule has 0 N–H and O–H groups in total. The number of carbonyl (C=O) groups is 2. The minimum absolute atomic E-state index is 0.0165. The zero-order valence-corrected chi connectivity index (χ0v) is 16.0. The largest absolute Gasteiger partial charge is 0.462 e. The van der Waals surface area contributed by atoms with Gasteiger partial charge in [0.1, 0.15) is 22.8 Å². The Balaban J connectivity index is 1.72. The molecular formula is C20H23ClF2O4. The van der Waals surface area contributed by atoms with Gasteiger partial charge in [0.25, 0.3) is 0 Å². The molecule has 1 fully saturated rings. The number of esters is 2. The third-order valence-corrected chi connectivity index (χ3v) is 4.92. The van der Waals surface area contributed by atoms with Crippen LogP contribution in [-0.4, -0.2) is 24.6 Å². The normalized spacial score (nSPS) is 19.4. The fraction of sp³-hybridized carbons (Fsp3) is 0.500. The van der Waals surface area contributed by atoms with Gasteiger partial charge in [0.2, 0.25) is 0 Å². The lowest BCUT2D eigenvalue weighted by molar-refractivity contribution is -0.152. The van der Waals surface area contributed by atoms with Crippen molar-refractivity contribution >= 4 is 23.5 Å². The molecule has 0 unspecified atom stereocenters. The molecule has 0 amide bonds. The summed E-state index contributed by atoms with van der Waals surface area (Å²) in [5.74, 6) is -2.31. The van der Waals surface area contributed by atoms with E-state index in [2.05, 4.69) is 6.58 Å². The number of halogens is 3. The lowest BCUT2D eigenvalue weighted by atomic mass is 9.82. The molecular weight excluding hydrogens is 378 g/mol. The van der Waals surface area contributed by atoms with Gasteiger partial charge < -0.3 is 9.47 Å². The van der Waals surface area contributed by atoms with Crippen LogP contribution in [0.1, 0.15) is 56.9 Å². The Morgan fingerprint density at radius 2 is 1.78 bits per heavy atom. The van der Waals surface area contributed by atoms with E-state index in [1.54, 1.807) is 6.92 Å². The molecule has 0 atom stereocenters. The molecule has 0 radical (unpaired) electrons. The first-order chi connectivity index (χ1) is 12.8. The van der Waals surface area contributed by atoms with E-state index in [-0.39, 0.29) is 31.0 Å². The maximum atomic E-state index is 13.6. The highest BCUT2D eigenvalue weighted by atomic mass is 35.5. The molecule has 27 heavy (non-hydrogen) atoms. The van der Waals surface area contributed by atoms with Gasteiger partial charge in [0, 0.05) is 12.0 Å². The van der Waals surface area contributed by atoms with Crippen LogP contribution in [-0.2, 0) is 19.1 Å². The van der Waals surface area contributed by atoms with E-state index in [1.807, 2.05) is 0 Å². The van der Waals surface area contributed by atoms with E-state index >= 15 is 0 Å². The van der Waals surface area contributed by atoms with Gasteiger partial charge in [0.05, 0.1) is 6.61 Å². The minimum Gasteiger partial charge on any atom is -0.462 e. The van der Waals surface area contributed by atoms with Crippen molar-refractivity contribution < 1.29 is 27.8 Å². The highest BCUT2D eigenvalue weighted by Gasteiger charge is 2.26. The molecule has 1 aromatic rings. The van der Waals surface area contributed by atoms with Crippen molar-refractivity contribution in [3.8, 4) is 0 Å². The Hall–Kier alpha value is -1.95. The minimum atomic E-state index is -0.757. The maximum absolute atomic E-state index is 13.6. The first kappa shape index (κ1) is 21.4. The Labute approximate surface area is 162 Å². The Kier molecular flexibility index (Phi) is 7.78. The highest BCUT2D eigenvalue weighted by molar-refractivity contribution is 6.30. The topological polar surface area (TPSA) is 52.6 Å². The Morgan fingerprint density at radius 3 is 2.33 bits per heavy atom. The zero-order chi connectivity index (χ0) is 20.0. The number of benzene rings is 1. The number of hydrogen-bond donors (Lipinski definition) is 0. The lowest BCUT2D eigenvalue weighted by Gasteiger charge is -2.28. The molecule has 1 saturated carbocycles. The molecule has 4 nitrogen and oxygen atoms in total. The number of rotatable bonds is 7. The van der Waals surface area contributed by atoms with Gasteiger partial charge >= 0.3 is 11.9 Å². The molecule has 148 valence electrons. The summed E-state index contributed by atoms with van der Waals surface area (Å²) in [7, 11) is 0. The van der Waals surface area contributed by atoms with Crippen molar-refractivity contribution in [1.82, 2.24) is 0 Å². The van der Waals surface area contributed by atoms with E-state index in [1.165, 1.54) is 12.1 Å². The van der Waals surface area contributed by atoms with Gasteiger partial charge in [-0.1, -0.05) is 18.2 Å². The second-order valence-electron chi connectivity index (χ2n) is 6.78. The van der Waals surface area contributed by atoms with Crippen LogP contribution in [0.5, 0.6) is 0 Å². The van der Waals surface area contributed by atoms with Crippen molar-refractivity contribution in [2.75, 3.05) is 6.61 Å². The third kappa shape index (κ3) is 6.31. The summed E-state index contributed by atoms with van der Waals surface area (Å²) >= 11 is 5.51. The highest BCUT2D eigenvalue weighted by Crippen LogP contribution is 2.36. The maximum Gasteiger partial charge on any atom is 0.333 e. The standard InChI is InChI=1S/C20H23ClF2O4/c1-12(2)20(25)26-9-3-4-18(24)27-15-7-5-13(6-8-15)14-10-16(22)19(21)17(23)11-14/h10-11,13,15H,1,3-9H2,2H3. The fourth-order valence-electron chi connectivity index (χ4n) is 3.07. The second-order valence-corrected chi connectivity index (χ2v) is 7.16. The van der Waals surface area contributed by atoms with Crippen molar-refractivity contribution in [1.29, 1.82) is 0 Å². The Morgan fingerprint density at radius 1 is 1.19 bits per heavy atom. The van der Waals surface area contributed by atoms with Crippen molar-refractivity contribution in [2.24, 2.45) is 0 Å². The summed E-state index contributed by atoms with van der Waals surface area (Å²) in [5, 5.41) is -0.490.